The van der Waals surface area contributed by atoms with E-state index in [-0.39, 0.29) is 11.7 Å². The molecule has 0 aliphatic heterocycles. The van der Waals surface area contributed by atoms with Gasteiger partial charge in [0, 0.05) is 18.4 Å². The molecule has 1 N–H and O–H groups in total. The van der Waals surface area contributed by atoms with E-state index in [0.29, 0.717) is 12.4 Å². The zero-order chi connectivity index (χ0) is 13.7. The van der Waals surface area contributed by atoms with Crippen LogP contribution in [0, 0.1) is 0 Å². The Labute approximate surface area is 112 Å². The van der Waals surface area contributed by atoms with Gasteiger partial charge in [-0.2, -0.15) is 0 Å². The minimum atomic E-state index is -0.328. The van der Waals surface area contributed by atoms with Gasteiger partial charge in [-0.3, -0.25) is 4.79 Å². The molecule has 100 valence electrons. The van der Waals surface area contributed by atoms with Gasteiger partial charge in [-0.25, -0.2) is 4.98 Å². The number of hydrogen-bond acceptors (Lipinski definition) is 3. The highest BCUT2D eigenvalue weighted by molar-refractivity contribution is 5.23. The lowest BCUT2D eigenvalue weighted by Crippen LogP contribution is -2.18. The second kappa shape index (κ2) is 6.29. The van der Waals surface area contributed by atoms with Gasteiger partial charge in [-0.1, -0.05) is 37.3 Å². The van der Waals surface area contributed by atoms with Gasteiger partial charge in [0.15, 0.2) is 0 Å². The normalized spacial score (nSPS) is 12.3. The Balaban J connectivity index is 2.44. The number of rotatable bonds is 5. The van der Waals surface area contributed by atoms with Crippen LogP contribution in [0.25, 0.3) is 0 Å². The van der Waals surface area contributed by atoms with Crippen molar-refractivity contribution in [2.75, 3.05) is 6.61 Å². The molecule has 0 aliphatic carbocycles. The van der Waals surface area contributed by atoms with Gasteiger partial charge < -0.3 is 9.72 Å². The average molecular weight is 258 g/mol. The highest BCUT2D eigenvalue weighted by Crippen LogP contribution is 2.22. The van der Waals surface area contributed by atoms with Gasteiger partial charge in [0.2, 0.25) is 0 Å². The van der Waals surface area contributed by atoms with Gasteiger partial charge in [0.1, 0.15) is 11.9 Å². The van der Waals surface area contributed by atoms with E-state index in [2.05, 4.69) is 9.97 Å². The summed E-state index contributed by atoms with van der Waals surface area (Å²) in [5.41, 5.74) is 1.63. The number of aromatic amines is 1. The van der Waals surface area contributed by atoms with E-state index in [0.717, 1.165) is 17.7 Å². The Morgan fingerprint density at radius 3 is 2.63 bits per heavy atom. The molecular formula is C15H18N2O2. The molecule has 1 aromatic carbocycles. The van der Waals surface area contributed by atoms with E-state index in [1.165, 1.54) is 6.07 Å². The van der Waals surface area contributed by atoms with Gasteiger partial charge >= 0.3 is 0 Å². The number of aryl methyl sites for hydroxylation is 1. The number of ether oxygens (including phenoxy) is 1. The molecule has 1 aromatic heterocycles. The van der Waals surface area contributed by atoms with Crippen LogP contribution in [0.2, 0.25) is 0 Å². The first kappa shape index (κ1) is 13.5. The molecule has 0 spiro atoms. The van der Waals surface area contributed by atoms with Gasteiger partial charge in [0.05, 0.1) is 0 Å². The van der Waals surface area contributed by atoms with Crippen molar-refractivity contribution < 1.29 is 4.74 Å². The predicted molar refractivity (Wildman–Crippen MR) is 74.1 cm³/mol. The fourth-order valence-electron chi connectivity index (χ4n) is 1.96. The van der Waals surface area contributed by atoms with Crippen molar-refractivity contribution in [2.45, 2.75) is 26.4 Å². The zero-order valence-electron chi connectivity index (χ0n) is 11.2. The number of hydrogen-bond donors (Lipinski definition) is 1. The molecule has 4 heteroatoms. The van der Waals surface area contributed by atoms with Crippen LogP contribution in [0.1, 0.15) is 37.0 Å². The largest absolute Gasteiger partial charge is 0.366 e. The molecule has 2 rings (SSSR count). The lowest BCUT2D eigenvalue weighted by Gasteiger charge is -2.17. The summed E-state index contributed by atoms with van der Waals surface area (Å²) in [5.74, 6) is 0.567. The molecule has 0 amide bonds. The summed E-state index contributed by atoms with van der Waals surface area (Å²) in [6.45, 7) is 4.46. The van der Waals surface area contributed by atoms with Crippen molar-refractivity contribution in [2.24, 2.45) is 0 Å². The highest BCUT2D eigenvalue weighted by atomic mass is 16.5. The van der Waals surface area contributed by atoms with Gasteiger partial charge in [-0.15, -0.1) is 0 Å². The predicted octanol–water partition coefficient (Wildman–Crippen LogP) is 2.46. The van der Waals surface area contributed by atoms with Crippen molar-refractivity contribution in [1.82, 2.24) is 9.97 Å². The Hall–Kier alpha value is -1.94. The van der Waals surface area contributed by atoms with Crippen molar-refractivity contribution in [1.29, 1.82) is 0 Å². The van der Waals surface area contributed by atoms with Crippen LogP contribution in [0.4, 0.5) is 0 Å². The van der Waals surface area contributed by atoms with Crippen LogP contribution in [0.5, 0.6) is 0 Å². The molecule has 2 aromatic rings. The summed E-state index contributed by atoms with van der Waals surface area (Å²) < 4.78 is 5.74. The summed E-state index contributed by atoms with van der Waals surface area (Å²) >= 11 is 0. The molecule has 0 saturated carbocycles. The molecule has 4 nitrogen and oxygen atoms in total. The first-order chi connectivity index (χ1) is 9.24. The van der Waals surface area contributed by atoms with E-state index >= 15 is 0 Å². The van der Waals surface area contributed by atoms with Gasteiger partial charge in [0.25, 0.3) is 5.56 Å². The zero-order valence-corrected chi connectivity index (χ0v) is 11.2. The third kappa shape index (κ3) is 3.29. The van der Waals surface area contributed by atoms with Crippen LogP contribution in [-0.4, -0.2) is 16.6 Å². The minimum absolute atomic E-state index is 0.137. The average Bonchev–Trinajstić information content (AvgIpc) is 2.45. The second-order valence-corrected chi connectivity index (χ2v) is 4.22. The maximum absolute atomic E-state index is 11.7. The maximum Gasteiger partial charge on any atom is 0.251 e. The molecule has 0 fully saturated rings. The second-order valence-electron chi connectivity index (χ2n) is 4.22. The molecular weight excluding hydrogens is 240 g/mol. The number of nitrogens with zero attached hydrogens (tertiary/aromatic N) is 1. The van der Waals surface area contributed by atoms with Gasteiger partial charge in [-0.05, 0) is 18.9 Å². The molecule has 1 unspecified atom stereocenters. The minimum Gasteiger partial charge on any atom is -0.366 e. The molecule has 0 bridgehead atoms. The van der Waals surface area contributed by atoms with E-state index < -0.39 is 0 Å². The van der Waals surface area contributed by atoms with Crippen molar-refractivity contribution in [3.63, 3.8) is 0 Å². The topological polar surface area (TPSA) is 55.0 Å². The number of H-pyrrole nitrogens is 1. The first-order valence-corrected chi connectivity index (χ1v) is 6.51. The summed E-state index contributed by atoms with van der Waals surface area (Å²) in [7, 11) is 0. The Kier molecular flexibility index (Phi) is 4.47. The van der Waals surface area contributed by atoms with Crippen LogP contribution >= 0.6 is 0 Å². The number of benzene rings is 1. The van der Waals surface area contributed by atoms with Crippen molar-refractivity contribution in [3.05, 3.63) is 63.8 Å². The molecule has 19 heavy (non-hydrogen) atoms. The van der Waals surface area contributed by atoms with E-state index in [4.69, 9.17) is 4.74 Å². The van der Waals surface area contributed by atoms with Crippen molar-refractivity contribution >= 4 is 0 Å². The molecule has 0 aliphatic rings. The fraction of sp³-hybridized carbons (Fsp3) is 0.333. The maximum atomic E-state index is 11.7. The lowest BCUT2D eigenvalue weighted by molar-refractivity contribution is 0.0848. The summed E-state index contributed by atoms with van der Waals surface area (Å²) in [6.07, 6.45) is 0.398. The smallest absolute Gasteiger partial charge is 0.251 e. The first-order valence-electron chi connectivity index (χ1n) is 6.51. The third-order valence-corrected chi connectivity index (χ3v) is 2.86. The Bertz CT molecular complexity index is 578. The van der Waals surface area contributed by atoms with E-state index in [1.807, 2.05) is 44.2 Å². The van der Waals surface area contributed by atoms with Crippen LogP contribution in [0.15, 0.2) is 41.2 Å². The summed E-state index contributed by atoms with van der Waals surface area (Å²) in [5, 5.41) is 0. The van der Waals surface area contributed by atoms with E-state index in [9.17, 15) is 4.79 Å². The standard InChI is InChI=1S/C15H18N2O2/c1-3-12-10-13(18)17-15(16-12)14(19-4-2)11-8-6-5-7-9-11/h5-10,14H,3-4H2,1-2H3,(H,16,17,18). The van der Waals surface area contributed by atoms with Crippen LogP contribution in [0.3, 0.4) is 0 Å². The quantitative estimate of drug-likeness (QED) is 0.896. The highest BCUT2D eigenvalue weighted by Gasteiger charge is 2.17. The lowest BCUT2D eigenvalue weighted by atomic mass is 10.1. The SMILES string of the molecule is CCOC(c1ccccc1)c1nc(CC)cc(=O)[nH]1. The fourth-order valence-corrected chi connectivity index (χ4v) is 1.96. The van der Waals surface area contributed by atoms with E-state index in [1.54, 1.807) is 0 Å². The molecule has 0 radical (unpaired) electrons. The third-order valence-electron chi connectivity index (χ3n) is 2.86. The molecule has 0 saturated heterocycles. The number of aromatic nitrogens is 2. The van der Waals surface area contributed by atoms with Crippen molar-refractivity contribution in [3.8, 4) is 0 Å². The Morgan fingerprint density at radius 2 is 2.00 bits per heavy atom. The monoisotopic (exact) mass is 258 g/mol. The molecule has 1 atom stereocenters. The summed E-state index contributed by atoms with van der Waals surface area (Å²) in [6, 6.07) is 11.3. The Morgan fingerprint density at radius 1 is 1.26 bits per heavy atom. The number of nitrogens with one attached hydrogen (secondary N) is 1. The summed E-state index contributed by atoms with van der Waals surface area (Å²) in [4.78, 5) is 18.9. The molecule has 1 heterocycles. The van der Waals surface area contributed by atoms with Crippen LogP contribution in [-0.2, 0) is 11.2 Å². The van der Waals surface area contributed by atoms with Crippen LogP contribution < -0.4 is 5.56 Å².